The van der Waals surface area contributed by atoms with Gasteiger partial charge in [0.25, 0.3) is 11.5 Å². The first kappa shape index (κ1) is 16.2. The zero-order valence-electron chi connectivity index (χ0n) is 13.6. The molecule has 0 aliphatic carbocycles. The highest BCUT2D eigenvalue weighted by Gasteiger charge is 2.17. The molecule has 2 rings (SSSR count). The molecule has 1 atom stereocenters. The molecule has 0 fully saturated rings. The van der Waals surface area contributed by atoms with Crippen molar-refractivity contribution in [2.75, 3.05) is 0 Å². The summed E-state index contributed by atoms with van der Waals surface area (Å²) >= 11 is 0. The molecule has 1 aromatic carbocycles. The van der Waals surface area contributed by atoms with E-state index < -0.39 is 0 Å². The minimum Gasteiger partial charge on any atom is -0.348 e. The van der Waals surface area contributed by atoms with Crippen LogP contribution in [0.15, 0.2) is 29.1 Å². The molecule has 0 radical (unpaired) electrons. The number of aromatic nitrogens is 2. The quantitative estimate of drug-likeness (QED) is 0.923. The third-order valence-corrected chi connectivity index (χ3v) is 3.73. The molecule has 5 heteroatoms. The molecular formula is C17H23N3O2. The van der Waals surface area contributed by atoms with E-state index in [1.54, 1.807) is 25.2 Å². The largest absolute Gasteiger partial charge is 0.348 e. The van der Waals surface area contributed by atoms with Crippen molar-refractivity contribution in [3.8, 4) is 0 Å². The van der Waals surface area contributed by atoms with Crippen LogP contribution in [0.5, 0.6) is 0 Å². The van der Waals surface area contributed by atoms with Crippen molar-refractivity contribution in [3.63, 3.8) is 0 Å². The van der Waals surface area contributed by atoms with Gasteiger partial charge in [-0.15, -0.1) is 0 Å². The first-order valence-corrected chi connectivity index (χ1v) is 7.67. The molecule has 0 saturated heterocycles. The monoisotopic (exact) mass is 301 g/mol. The number of nitrogens with one attached hydrogen (secondary N) is 1. The van der Waals surface area contributed by atoms with Gasteiger partial charge in [0, 0.05) is 18.5 Å². The Kier molecular flexibility index (Phi) is 4.96. The van der Waals surface area contributed by atoms with E-state index in [-0.39, 0.29) is 17.5 Å². The molecule has 0 spiro atoms. The average molecular weight is 301 g/mol. The fourth-order valence-electron chi connectivity index (χ4n) is 2.42. The van der Waals surface area contributed by atoms with E-state index in [1.165, 1.54) is 4.68 Å². The van der Waals surface area contributed by atoms with Crippen molar-refractivity contribution in [1.29, 1.82) is 0 Å². The van der Waals surface area contributed by atoms with Crippen LogP contribution in [0.2, 0.25) is 0 Å². The number of benzene rings is 1. The summed E-state index contributed by atoms with van der Waals surface area (Å²) in [5.74, 6) is 0.374. The highest BCUT2D eigenvalue weighted by molar-refractivity contribution is 6.04. The van der Waals surface area contributed by atoms with Gasteiger partial charge in [-0.3, -0.25) is 9.59 Å². The lowest BCUT2D eigenvalue weighted by Gasteiger charge is -2.15. The molecule has 0 bridgehead atoms. The Morgan fingerprint density at radius 3 is 2.45 bits per heavy atom. The number of nitrogens with zero attached hydrogens (tertiary/aromatic N) is 2. The van der Waals surface area contributed by atoms with E-state index >= 15 is 0 Å². The van der Waals surface area contributed by atoms with Gasteiger partial charge in [0.15, 0.2) is 5.69 Å². The molecule has 22 heavy (non-hydrogen) atoms. The Hall–Kier alpha value is -2.17. The summed E-state index contributed by atoms with van der Waals surface area (Å²) in [5, 5.41) is 8.23. The topological polar surface area (TPSA) is 64.0 Å². The van der Waals surface area contributed by atoms with Gasteiger partial charge >= 0.3 is 0 Å². The first-order valence-electron chi connectivity index (χ1n) is 7.67. The maximum absolute atomic E-state index is 12.5. The Morgan fingerprint density at radius 2 is 1.82 bits per heavy atom. The van der Waals surface area contributed by atoms with Gasteiger partial charge in [0.05, 0.1) is 5.39 Å². The number of amides is 1. The van der Waals surface area contributed by atoms with E-state index in [0.717, 1.165) is 12.8 Å². The minimum atomic E-state index is -0.233. The van der Waals surface area contributed by atoms with E-state index in [9.17, 15) is 9.59 Å². The molecule has 0 aliphatic rings. The summed E-state index contributed by atoms with van der Waals surface area (Å²) in [6.45, 7) is 6.32. The fourth-order valence-corrected chi connectivity index (χ4v) is 2.42. The minimum absolute atomic E-state index is 0.0766. The molecule has 0 unspecified atom stereocenters. The fraction of sp³-hybridized carbons (Fsp3) is 0.471. The zero-order chi connectivity index (χ0) is 16.3. The van der Waals surface area contributed by atoms with Crippen LogP contribution >= 0.6 is 0 Å². The molecule has 1 heterocycles. The number of fused-ring (bicyclic) bond motifs is 1. The lowest BCUT2D eigenvalue weighted by Crippen LogP contribution is -2.35. The number of aryl methyl sites for hydroxylation is 1. The van der Waals surface area contributed by atoms with Gasteiger partial charge in [0.1, 0.15) is 0 Å². The predicted molar refractivity (Wildman–Crippen MR) is 88.0 cm³/mol. The molecule has 2 aromatic rings. The Balaban J connectivity index is 2.29. The lowest BCUT2D eigenvalue weighted by atomic mass is 10.0. The van der Waals surface area contributed by atoms with Gasteiger partial charge in [-0.25, -0.2) is 4.68 Å². The van der Waals surface area contributed by atoms with Crippen LogP contribution < -0.4 is 10.9 Å². The summed E-state index contributed by atoms with van der Waals surface area (Å²) in [6.07, 6.45) is 1.98. The third kappa shape index (κ3) is 3.53. The highest BCUT2D eigenvalue weighted by Crippen LogP contribution is 2.13. The van der Waals surface area contributed by atoms with E-state index in [0.29, 0.717) is 22.4 Å². The van der Waals surface area contributed by atoms with Crippen molar-refractivity contribution in [1.82, 2.24) is 15.1 Å². The lowest BCUT2D eigenvalue weighted by molar-refractivity contribution is 0.0932. The Labute approximate surface area is 130 Å². The number of rotatable bonds is 5. The number of hydrogen-bond acceptors (Lipinski definition) is 3. The third-order valence-electron chi connectivity index (χ3n) is 3.73. The van der Waals surface area contributed by atoms with Crippen LogP contribution in [-0.4, -0.2) is 21.7 Å². The van der Waals surface area contributed by atoms with E-state index in [2.05, 4.69) is 24.3 Å². The van der Waals surface area contributed by atoms with Crippen LogP contribution in [-0.2, 0) is 7.05 Å². The summed E-state index contributed by atoms with van der Waals surface area (Å²) in [4.78, 5) is 24.6. The van der Waals surface area contributed by atoms with Gasteiger partial charge in [-0.1, -0.05) is 32.0 Å². The maximum atomic E-state index is 12.5. The van der Waals surface area contributed by atoms with Crippen molar-refractivity contribution in [3.05, 3.63) is 40.3 Å². The molecule has 0 aliphatic heterocycles. The van der Waals surface area contributed by atoms with Crippen LogP contribution in [0.25, 0.3) is 10.8 Å². The smallest absolute Gasteiger partial charge is 0.274 e. The summed E-state index contributed by atoms with van der Waals surface area (Å²) in [7, 11) is 1.56. The standard InChI is InChI=1S/C17H23N3O2/c1-11(2)9-10-12(3)18-16(21)15-13-7-5-6-8-14(13)17(22)20(4)19-15/h5-8,11-12H,9-10H2,1-4H3,(H,18,21)/t12-/m1/s1. The molecule has 1 aromatic heterocycles. The van der Waals surface area contributed by atoms with E-state index in [1.807, 2.05) is 13.0 Å². The molecule has 1 N–H and O–H groups in total. The van der Waals surface area contributed by atoms with Crippen molar-refractivity contribution < 1.29 is 4.79 Å². The average Bonchev–Trinajstić information content (AvgIpc) is 2.48. The van der Waals surface area contributed by atoms with Crippen molar-refractivity contribution in [2.45, 2.75) is 39.7 Å². The van der Waals surface area contributed by atoms with Gasteiger partial charge in [-0.05, 0) is 31.7 Å². The van der Waals surface area contributed by atoms with Crippen molar-refractivity contribution in [2.24, 2.45) is 13.0 Å². The summed E-state index contributed by atoms with van der Waals surface area (Å²) in [5.41, 5.74) is 0.106. The second kappa shape index (κ2) is 6.73. The molecule has 0 saturated carbocycles. The van der Waals surface area contributed by atoms with Crippen LogP contribution in [0.3, 0.4) is 0 Å². The molecule has 1 amide bonds. The van der Waals surface area contributed by atoms with Crippen LogP contribution in [0.1, 0.15) is 44.1 Å². The normalized spacial score (nSPS) is 12.6. The van der Waals surface area contributed by atoms with Crippen molar-refractivity contribution >= 4 is 16.7 Å². The Morgan fingerprint density at radius 1 is 1.18 bits per heavy atom. The number of carbonyl (C=O) groups excluding carboxylic acids is 1. The molecule has 5 nitrogen and oxygen atoms in total. The second-order valence-electron chi connectivity index (χ2n) is 6.17. The highest BCUT2D eigenvalue weighted by atomic mass is 16.2. The first-order chi connectivity index (χ1) is 10.4. The number of carbonyl (C=O) groups is 1. The van der Waals surface area contributed by atoms with Gasteiger partial charge in [0.2, 0.25) is 0 Å². The van der Waals surface area contributed by atoms with Crippen LogP contribution in [0, 0.1) is 5.92 Å². The molecular weight excluding hydrogens is 278 g/mol. The zero-order valence-corrected chi connectivity index (χ0v) is 13.6. The summed E-state index contributed by atoms with van der Waals surface area (Å²) in [6, 6.07) is 7.15. The van der Waals surface area contributed by atoms with Gasteiger partial charge in [-0.2, -0.15) is 5.10 Å². The van der Waals surface area contributed by atoms with Crippen LogP contribution in [0.4, 0.5) is 0 Å². The SMILES string of the molecule is CC(C)CC[C@@H](C)NC(=O)c1nn(C)c(=O)c2ccccc12. The van der Waals surface area contributed by atoms with Gasteiger partial charge < -0.3 is 5.32 Å². The molecule has 118 valence electrons. The second-order valence-corrected chi connectivity index (χ2v) is 6.17. The summed E-state index contributed by atoms with van der Waals surface area (Å²) < 4.78 is 1.22. The van der Waals surface area contributed by atoms with E-state index in [4.69, 9.17) is 0 Å². The Bertz CT molecular complexity index is 734. The maximum Gasteiger partial charge on any atom is 0.274 e. The predicted octanol–water partition coefficient (Wildman–Crippen LogP) is 2.49. The number of hydrogen-bond donors (Lipinski definition) is 1.